The summed E-state index contributed by atoms with van der Waals surface area (Å²) in [5.74, 6) is 0. The van der Waals surface area contributed by atoms with E-state index in [-0.39, 0.29) is 0 Å². The number of thiophene rings is 1. The molecular formula is C58H38N2S. The standard InChI is InChI=1S/C58H38N2S/c1-2-12-39(13-3-1)44-15-10-16-48(38-44)59(46-35-28-43(29-36-46)50-20-11-21-52-51-18-7-9-23-56(51)61-58(50)52)45-31-24-40(25-32-45)41-26-33-47(34-27-41)60-54-22-8-6-19-53(54)57-49-17-5-4-14-42(49)30-37-55(57)60/h1-38H. The number of hydrogen-bond acceptors (Lipinski definition) is 2. The van der Waals surface area contributed by atoms with Crippen molar-refractivity contribution in [1.29, 1.82) is 0 Å². The van der Waals surface area contributed by atoms with E-state index in [0.29, 0.717) is 0 Å². The summed E-state index contributed by atoms with van der Waals surface area (Å²) in [5.41, 5.74) is 14.1. The third kappa shape index (κ3) is 6.01. The molecule has 2 nitrogen and oxygen atoms in total. The van der Waals surface area contributed by atoms with Gasteiger partial charge in [0.25, 0.3) is 0 Å². The molecular weight excluding hydrogens is 757 g/mol. The van der Waals surface area contributed by atoms with Gasteiger partial charge in [-0.15, -0.1) is 11.3 Å². The summed E-state index contributed by atoms with van der Waals surface area (Å²) < 4.78 is 5.05. The van der Waals surface area contributed by atoms with Crippen LogP contribution in [0, 0.1) is 0 Å². The second-order valence-corrected chi connectivity index (χ2v) is 16.8. The van der Waals surface area contributed by atoms with Crippen molar-refractivity contribution in [3.63, 3.8) is 0 Å². The van der Waals surface area contributed by atoms with E-state index in [0.717, 1.165) is 22.7 Å². The number of para-hydroxylation sites is 1. The third-order valence-corrected chi connectivity index (χ3v) is 13.4. The minimum absolute atomic E-state index is 1.10. The summed E-state index contributed by atoms with van der Waals surface area (Å²) in [5, 5.41) is 7.76. The van der Waals surface area contributed by atoms with Gasteiger partial charge in [-0.05, 0) is 111 Å². The van der Waals surface area contributed by atoms with Crippen LogP contribution >= 0.6 is 11.3 Å². The summed E-state index contributed by atoms with van der Waals surface area (Å²) in [7, 11) is 0. The van der Waals surface area contributed by atoms with Crippen molar-refractivity contribution in [2.45, 2.75) is 0 Å². The maximum atomic E-state index is 2.40. The van der Waals surface area contributed by atoms with Crippen LogP contribution in [0.15, 0.2) is 231 Å². The molecule has 61 heavy (non-hydrogen) atoms. The molecule has 0 fully saturated rings. The summed E-state index contributed by atoms with van der Waals surface area (Å²) in [6, 6.07) is 84.0. The van der Waals surface area contributed by atoms with Crippen molar-refractivity contribution in [2.75, 3.05) is 4.90 Å². The molecule has 0 N–H and O–H groups in total. The van der Waals surface area contributed by atoms with Crippen LogP contribution in [-0.4, -0.2) is 4.57 Å². The quantitative estimate of drug-likeness (QED) is 0.156. The number of benzene rings is 10. The Morgan fingerprint density at radius 1 is 0.344 bits per heavy atom. The lowest BCUT2D eigenvalue weighted by Crippen LogP contribution is -2.10. The van der Waals surface area contributed by atoms with E-state index in [1.807, 2.05) is 11.3 Å². The van der Waals surface area contributed by atoms with Gasteiger partial charge in [0.15, 0.2) is 0 Å². The molecule has 0 aliphatic rings. The van der Waals surface area contributed by atoms with E-state index in [1.165, 1.54) is 86.1 Å². The number of fused-ring (bicyclic) bond motifs is 8. The minimum Gasteiger partial charge on any atom is -0.310 e. The van der Waals surface area contributed by atoms with E-state index in [2.05, 4.69) is 240 Å². The number of rotatable bonds is 7. The normalized spacial score (nSPS) is 11.6. The fourth-order valence-electron chi connectivity index (χ4n) is 9.29. The monoisotopic (exact) mass is 794 g/mol. The lowest BCUT2D eigenvalue weighted by molar-refractivity contribution is 1.18. The number of anilines is 3. The molecule has 0 radical (unpaired) electrons. The molecule has 0 saturated carbocycles. The molecule has 286 valence electrons. The fraction of sp³-hybridized carbons (Fsp3) is 0. The molecule has 0 atom stereocenters. The van der Waals surface area contributed by atoms with Gasteiger partial charge in [0.2, 0.25) is 0 Å². The molecule has 10 aromatic carbocycles. The van der Waals surface area contributed by atoms with Gasteiger partial charge in [-0.1, -0.05) is 164 Å². The van der Waals surface area contributed by atoms with Gasteiger partial charge in [-0.3, -0.25) is 0 Å². The Bertz CT molecular complexity index is 3560. The molecule has 0 spiro atoms. The first kappa shape index (κ1) is 35.2. The lowest BCUT2D eigenvalue weighted by Gasteiger charge is -2.26. The van der Waals surface area contributed by atoms with Crippen molar-refractivity contribution >= 4 is 81.1 Å². The molecule has 0 saturated heterocycles. The summed E-state index contributed by atoms with van der Waals surface area (Å²) in [6.07, 6.45) is 0. The number of hydrogen-bond donors (Lipinski definition) is 0. The number of nitrogens with zero attached hydrogens (tertiary/aromatic N) is 2. The Balaban J connectivity index is 0.912. The van der Waals surface area contributed by atoms with Crippen molar-refractivity contribution in [2.24, 2.45) is 0 Å². The van der Waals surface area contributed by atoms with Crippen molar-refractivity contribution < 1.29 is 0 Å². The zero-order valence-corrected chi connectivity index (χ0v) is 34.1. The predicted molar refractivity (Wildman–Crippen MR) is 262 cm³/mol. The smallest absolute Gasteiger partial charge is 0.0547 e. The van der Waals surface area contributed by atoms with E-state index in [1.54, 1.807) is 0 Å². The average molecular weight is 795 g/mol. The van der Waals surface area contributed by atoms with Crippen LogP contribution in [0.2, 0.25) is 0 Å². The van der Waals surface area contributed by atoms with Crippen molar-refractivity contribution in [3.05, 3.63) is 231 Å². The highest BCUT2D eigenvalue weighted by Gasteiger charge is 2.17. The maximum absolute atomic E-state index is 2.40. The van der Waals surface area contributed by atoms with Crippen LogP contribution in [0.25, 0.3) is 91.8 Å². The first-order chi connectivity index (χ1) is 30.2. The predicted octanol–water partition coefficient (Wildman–Crippen LogP) is 16.8. The Labute approximate surface area is 358 Å². The third-order valence-electron chi connectivity index (χ3n) is 12.2. The molecule has 12 rings (SSSR count). The molecule has 2 heterocycles. The van der Waals surface area contributed by atoms with Gasteiger partial charge in [0, 0.05) is 53.7 Å². The minimum atomic E-state index is 1.10. The van der Waals surface area contributed by atoms with Crippen LogP contribution in [0.1, 0.15) is 0 Å². The van der Waals surface area contributed by atoms with Crippen LogP contribution < -0.4 is 4.90 Å². The zero-order valence-electron chi connectivity index (χ0n) is 33.2. The molecule has 0 bridgehead atoms. The van der Waals surface area contributed by atoms with Gasteiger partial charge in [-0.2, -0.15) is 0 Å². The lowest BCUT2D eigenvalue weighted by atomic mass is 10.0. The molecule has 3 heteroatoms. The van der Waals surface area contributed by atoms with Crippen LogP contribution in [0.4, 0.5) is 17.1 Å². The Hall–Kier alpha value is -7.72. The summed E-state index contributed by atoms with van der Waals surface area (Å²) >= 11 is 1.88. The van der Waals surface area contributed by atoms with Crippen molar-refractivity contribution in [1.82, 2.24) is 4.57 Å². The summed E-state index contributed by atoms with van der Waals surface area (Å²) in [6.45, 7) is 0. The van der Waals surface area contributed by atoms with Crippen LogP contribution in [-0.2, 0) is 0 Å². The maximum Gasteiger partial charge on any atom is 0.0547 e. The second kappa shape index (κ2) is 14.5. The van der Waals surface area contributed by atoms with Gasteiger partial charge >= 0.3 is 0 Å². The fourth-order valence-corrected chi connectivity index (χ4v) is 10.5. The van der Waals surface area contributed by atoms with E-state index in [4.69, 9.17) is 0 Å². The van der Waals surface area contributed by atoms with E-state index >= 15 is 0 Å². The largest absolute Gasteiger partial charge is 0.310 e. The Kier molecular flexibility index (Phi) is 8.39. The first-order valence-electron chi connectivity index (χ1n) is 20.8. The van der Waals surface area contributed by atoms with Crippen LogP contribution in [0.5, 0.6) is 0 Å². The van der Waals surface area contributed by atoms with Crippen molar-refractivity contribution in [3.8, 4) is 39.1 Å². The van der Waals surface area contributed by atoms with Gasteiger partial charge in [0.1, 0.15) is 0 Å². The highest BCUT2D eigenvalue weighted by molar-refractivity contribution is 7.26. The molecule has 0 aliphatic carbocycles. The van der Waals surface area contributed by atoms with Gasteiger partial charge in [0.05, 0.1) is 11.0 Å². The second-order valence-electron chi connectivity index (χ2n) is 15.7. The molecule has 0 aliphatic heterocycles. The molecule has 2 aromatic heterocycles. The molecule has 0 amide bonds. The average Bonchev–Trinajstić information content (AvgIpc) is 3.89. The molecule has 0 unspecified atom stereocenters. The SMILES string of the molecule is c1ccc(-c2cccc(N(c3ccc(-c4ccc(-n5c6ccccc6c6c7ccccc7ccc65)cc4)cc3)c3ccc(-c4cccc5c4sc4ccccc45)cc3)c2)cc1. The molecule has 12 aromatic rings. The van der Waals surface area contributed by atoms with E-state index < -0.39 is 0 Å². The van der Waals surface area contributed by atoms with Gasteiger partial charge < -0.3 is 9.47 Å². The highest BCUT2D eigenvalue weighted by atomic mass is 32.1. The van der Waals surface area contributed by atoms with Crippen LogP contribution in [0.3, 0.4) is 0 Å². The van der Waals surface area contributed by atoms with Gasteiger partial charge in [-0.25, -0.2) is 0 Å². The summed E-state index contributed by atoms with van der Waals surface area (Å²) in [4.78, 5) is 2.37. The Morgan fingerprint density at radius 2 is 0.934 bits per heavy atom. The van der Waals surface area contributed by atoms with E-state index in [9.17, 15) is 0 Å². The highest BCUT2D eigenvalue weighted by Crippen LogP contribution is 2.43. The Morgan fingerprint density at radius 3 is 1.72 bits per heavy atom. The topological polar surface area (TPSA) is 8.17 Å². The first-order valence-corrected chi connectivity index (χ1v) is 21.6. The zero-order chi connectivity index (χ0) is 40.3. The number of aromatic nitrogens is 1.